The van der Waals surface area contributed by atoms with E-state index in [9.17, 15) is 9.90 Å². The van der Waals surface area contributed by atoms with Gasteiger partial charge in [0.2, 0.25) is 6.61 Å². The Balaban J connectivity index is 2.97. The number of cyclic esters (lactones) is 1. The fraction of sp³-hybridized carbons (Fsp3) is 0.625. The Kier molecular flexibility index (Phi) is 7.15. The summed E-state index contributed by atoms with van der Waals surface area (Å²) in [7, 11) is 0. The maximum absolute atomic E-state index is 11.7. The molecule has 0 spiro atoms. The Morgan fingerprint density at radius 3 is 2.90 bits per heavy atom. The van der Waals surface area contributed by atoms with E-state index in [0.29, 0.717) is 12.1 Å². The predicted molar refractivity (Wildman–Crippen MR) is 81.8 cm³/mol. The van der Waals surface area contributed by atoms with Gasteiger partial charge in [0.1, 0.15) is 6.10 Å². The van der Waals surface area contributed by atoms with E-state index in [2.05, 4.69) is 5.16 Å². The van der Waals surface area contributed by atoms with Crippen LogP contribution in [0.5, 0.6) is 0 Å². The molecule has 0 amide bonds. The first kappa shape index (κ1) is 17.4. The summed E-state index contributed by atoms with van der Waals surface area (Å²) in [6.45, 7) is 7.42. The molecule has 4 unspecified atom stereocenters. The smallest absolute Gasteiger partial charge is 0.347 e. The van der Waals surface area contributed by atoms with Gasteiger partial charge in [0.05, 0.1) is 11.8 Å². The van der Waals surface area contributed by atoms with Crippen LogP contribution >= 0.6 is 0 Å². The molecule has 0 aromatic rings. The first-order valence-electron chi connectivity index (χ1n) is 7.38. The van der Waals surface area contributed by atoms with Gasteiger partial charge in [-0.1, -0.05) is 38.1 Å². The first-order chi connectivity index (χ1) is 9.99. The molecule has 1 aliphatic heterocycles. The molecule has 1 rings (SSSR count). The first-order valence-corrected chi connectivity index (χ1v) is 7.38. The number of nitrogens with zero attached hydrogens (tertiary/aromatic N) is 1. The highest BCUT2D eigenvalue weighted by molar-refractivity contribution is 5.96. The van der Waals surface area contributed by atoms with Crippen molar-refractivity contribution in [1.29, 1.82) is 0 Å². The minimum Gasteiger partial charge on any atom is -0.455 e. The zero-order valence-electron chi connectivity index (χ0n) is 13.2. The van der Waals surface area contributed by atoms with Crippen LogP contribution in [0.2, 0.25) is 0 Å². The average Bonchev–Trinajstić information content (AvgIpc) is 2.47. The second-order valence-electron chi connectivity index (χ2n) is 5.25. The van der Waals surface area contributed by atoms with Crippen molar-refractivity contribution in [3.63, 3.8) is 0 Å². The van der Waals surface area contributed by atoms with Crippen LogP contribution in [-0.2, 0) is 14.4 Å². The zero-order chi connectivity index (χ0) is 15.8. The van der Waals surface area contributed by atoms with Gasteiger partial charge in [0, 0.05) is 11.8 Å². The normalized spacial score (nSPS) is 30.7. The minimum absolute atomic E-state index is 0.0134. The Morgan fingerprint density at radius 1 is 1.57 bits per heavy atom. The van der Waals surface area contributed by atoms with Crippen molar-refractivity contribution < 1.29 is 19.5 Å². The van der Waals surface area contributed by atoms with Gasteiger partial charge in [-0.15, -0.1) is 0 Å². The molecule has 0 saturated carbocycles. The molecule has 1 aliphatic rings. The molecule has 5 nitrogen and oxygen atoms in total. The van der Waals surface area contributed by atoms with Crippen molar-refractivity contribution in [3.8, 4) is 0 Å². The number of aliphatic hydroxyl groups is 1. The summed E-state index contributed by atoms with van der Waals surface area (Å²) < 4.78 is 5.32. The highest BCUT2D eigenvalue weighted by Crippen LogP contribution is 2.16. The van der Waals surface area contributed by atoms with Crippen LogP contribution in [-0.4, -0.2) is 35.6 Å². The van der Waals surface area contributed by atoms with Crippen molar-refractivity contribution in [2.75, 3.05) is 6.61 Å². The lowest BCUT2D eigenvalue weighted by atomic mass is 9.95. The van der Waals surface area contributed by atoms with E-state index in [1.807, 2.05) is 52.0 Å². The van der Waals surface area contributed by atoms with Crippen LogP contribution < -0.4 is 0 Å². The summed E-state index contributed by atoms with van der Waals surface area (Å²) in [5.74, 6) is -0.597. The summed E-state index contributed by atoms with van der Waals surface area (Å²) in [5, 5.41) is 13.9. The third-order valence-corrected chi connectivity index (χ3v) is 3.55. The van der Waals surface area contributed by atoms with Crippen molar-refractivity contribution >= 4 is 11.7 Å². The van der Waals surface area contributed by atoms with Crippen LogP contribution in [0.4, 0.5) is 0 Å². The van der Waals surface area contributed by atoms with Gasteiger partial charge in [0.25, 0.3) is 0 Å². The van der Waals surface area contributed by atoms with Crippen molar-refractivity contribution in [2.24, 2.45) is 17.0 Å². The molecule has 5 heteroatoms. The van der Waals surface area contributed by atoms with Crippen LogP contribution in [0.15, 0.2) is 29.5 Å². The largest absolute Gasteiger partial charge is 0.455 e. The highest BCUT2D eigenvalue weighted by Gasteiger charge is 2.22. The summed E-state index contributed by atoms with van der Waals surface area (Å²) in [4.78, 5) is 16.7. The van der Waals surface area contributed by atoms with Crippen molar-refractivity contribution in [3.05, 3.63) is 24.3 Å². The molecule has 0 saturated heterocycles. The van der Waals surface area contributed by atoms with Gasteiger partial charge < -0.3 is 14.7 Å². The number of carbonyl (C=O) groups is 1. The Hall–Kier alpha value is -1.62. The van der Waals surface area contributed by atoms with E-state index in [-0.39, 0.29) is 24.5 Å². The van der Waals surface area contributed by atoms with Gasteiger partial charge in [-0.2, -0.15) is 0 Å². The summed E-state index contributed by atoms with van der Waals surface area (Å²) in [6.07, 6.45) is 7.27. The molecule has 0 fully saturated rings. The Morgan fingerprint density at radius 2 is 2.29 bits per heavy atom. The fourth-order valence-electron chi connectivity index (χ4n) is 2.03. The molecule has 118 valence electrons. The van der Waals surface area contributed by atoms with Crippen LogP contribution in [0.3, 0.4) is 0 Å². The quantitative estimate of drug-likeness (QED) is 0.639. The van der Waals surface area contributed by atoms with Crippen molar-refractivity contribution in [1.82, 2.24) is 0 Å². The number of oxime groups is 1. The minimum atomic E-state index is -0.492. The van der Waals surface area contributed by atoms with E-state index >= 15 is 0 Å². The average molecular weight is 295 g/mol. The summed E-state index contributed by atoms with van der Waals surface area (Å²) in [5.41, 5.74) is 0.630. The van der Waals surface area contributed by atoms with Crippen LogP contribution in [0.1, 0.15) is 34.1 Å². The van der Waals surface area contributed by atoms with Gasteiger partial charge in [-0.05, 0) is 25.5 Å². The number of carbonyl (C=O) groups excluding carboxylic acids is 1. The molecule has 0 aromatic carbocycles. The molecule has 21 heavy (non-hydrogen) atoms. The maximum Gasteiger partial charge on any atom is 0.347 e. The van der Waals surface area contributed by atoms with E-state index in [0.717, 1.165) is 0 Å². The molecule has 0 radical (unpaired) electrons. The summed E-state index contributed by atoms with van der Waals surface area (Å²) in [6, 6.07) is 0. The molecule has 0 bridgehead atoms. The Bertz CT molecular complexity index is 428. The van der Waals surface area contributed by atoms with Crippen LogP contribution in [0.25, 0.3) is 0 Å². The van der Waals surface area contributed by atoms with E-state index in [4.69, 9.17) is 9.57 Å². The van der Waals surface area contributed by atoms with E-state index in [1.165, 1.54) is 0 Å². The van der Waals surface area contributed by atoms with E-state index in [1.54, 1.807) is 0 Å². The zero-order valence-corrected chi connectivity index (χ0v) is 13.2. The molecule has 0 aromatic heterocycles. The molecular weight excluding hydrogens is 270 g/mol. The SMILES string of the molecule is C/C=C/C1OC(=O)CO/N=C(C(C)C(O)CC)\C=C\C1C. The highest BCUT2D eigenvalue weighted by atomic mass is 16.7. The number of hydrogen-bond donors (Lipinski definition) is 1. The molecular formula is C16H25NO4. The van der Waals surface area contributed by atoms with Crippen LogP contribution in [0, 0.1) is 11.8 Å². The molecule has 4 atom stereocenters. The number of rotatable bonds is 4. The van der Waals surface area contributed by atoms with E-state index < -0.39 is 12.1 Å². The second-order valence-corrected chi connectivity index (χ2v) is 5.25. The van der Waals surface area contributed by atoms with Gasteiger partial charge in [-0.3, -0.25) is 0 Å². The number of hydrogen-bond acceptors (Lipinski definition) is 5. The predicted octanol–water partition coefficient (Wildman–Crippen LogP) is 2.46. The molecule has 1 heterocycles. The number of ether oxygens (including phenoxy) is 1. The topological polar surface area (TPSA) is 68.1 Å². The third-order valence-electron chi connectivity index (χ3n) is 3.55. The number of esters is 1. The number of allylic oxidation sites excluding steroid dienone is 2. The van der Waals surface area contributed by atoms with Gasteiger partial charge in [-0.25, -0.2) is 4.79 Å². The monoisotopic (exact) mass is 295 g/mol. The second kappa shape index (κ2) is 8.62. The fourth-order valence-corrected chi connectivity index (χ4v) is 2.03. The lowest BCUT2D eigenvalue weighted by molar-refractivity contribution is -0.153. The Labute approximate surface area is 126 Å². The molecule has 0 aliphatic carbocycles. The lowest BCUT2D eigenvalue weighted by Crippen LogP contribution is -2.28. The lowest BCUT2D eigenvalue weighted by Gasteiger charge is -2.21. The third kappa shape index (κ3) is 5.34. The molecule has 1 N–H and O–H groups in total. The summed E-state index contributed by atoms with van der Waals surface area (Å²) >= 11 is 0. The van der Waals surface area contributed by atoms with Gasteiger partial charge in [0.15, 0.2) is 0 Å². The van der Waals surface area contributed by atoms with Crippen molar-refractivity contribution in [2.45, 2.75) is 46.3 Å². The standard InChI is InChI=1S/C16H25NO4/c1-5-7-15-11(3)8-9-13(12(4)14(18)6-2)17-20-10-16(19)21-15/h5,7-9,11-12,14-15,18H,6,10H2,1-4H3/b7-5+,9-8+,17-13+. The van der Waals surface area contributed by atoms with Gasteiger partial charge >= 0.3 is 5.97 Å². The maximum atomic E-state index is 11.7. The number of aliphatic hydroxyl groups excluding tert-OH is 1.